The lowest BCUT2D eigenvalue weighted by Gasteiger charge is -2.11. The summed E-state index contributed by atoms with van der Waals surface area (Å²) >= 11 is 0. The fraction of sp³-hybridized carbons (Fsp3) is 0.176. The minimum atomic E-state index is -0.476. The summed E-state index contributed by atoms with van der Waals surface area (Å²) in [6.45, 7) is 4.26. The summed E-state index contributed by atoms with van der Waals surface area (Å²) < 4.78 is 0. The quantitative estimate of drug-likeness (QED) is 0.798. The molecule has 0 saturated carbocycles. The summed E-state index contributed by atoms with van der Waals surface area (Å²) in [7, 11) is 0. The molecule has 0 aromatic heterocycles. The van der Waals surface area contributed by atoms with Crippen molar-refractivity contribution in [3.63, 3.8) is 0 Å². The molecule has 90 valence electrons. The molecule has 0 aliphatic heterocycles. The van der Waals surface area contributed by atoms with E-state index < -0.39 is 6.10 Å². The zero-order chi connectivity index (χ0) is 12.7. The van der Waals surface area contributed by atoms with Crippen LogP contribution in [0.4, 0.5) is 0 Å². The highest BCUT2D eigenvalue weighted by molar-refractivity contribution is 5.86. The van der Waals surface area contributed by atoms with Gasteiger partial charge in [-0.1, -0.05) is 42.5 Å². The van der Waals surface area contributed by atoms with E-state index in [2.05, 4.69) is 38.1 Å². The van der Waals surface area contributed by atoms with E-state index in [9.17, 15) is 5.11 Å². The molecule has 0 heterocycles. The van der Waals surface area contributed by atoms with Crippen LogP contribution in [0.25, 0.3) is 5.57 Å². The smallest absolute Gasteiger partial charge is 0.0986 e. The maximum Gasteiger partial charge on any atom is 0.0986 e. The number of aliphatic hydroxyl groups is 1. The molecule has 18 heavy (non-hydrogen) atoms. The van der Waals surface area contributed by atoms with Gasteiger partial charge in [0.15, 0.2) is 0 Å². The van der Waals surface area contributed by atoms with Gasteiger partial charge in [-0.25, -0.2) is 0 Å². The van der Waals surface area contributed by atoms with Gasteiger partial charge in [0.2, 0.25) is 0 Å². The fourth-order valence-electron chi connectivity index (χ4n) is 2.62. The van der Waals surface area contributed by atoms with Crippen LogP contribution in [0, 0.1) is 13.8 Å². The van der Waals surface area contributed by atoms with Crippen LogP contribution < -0.4 is 0 Å². The fourth-order valence-corrected chi connectivity index (χ4v) is 2.62. The van der Waals surface area contributed by atoms with Crippen molar-refractivity contribution >= 4 is 5.57 Å². The summed E-state index contributed by atoms with van der Waals surface area (Å²) in [4.78, 5) is 0. The molecule has 1 heteroatoms. The van der Waals surface area contributed by atoms with Gasteiger partial charge in [0.1, 0.15) is 0 Å². The van der Waals surface area contributed by atoms with Crippen molar-refractivity contribution < 1.29 is 5.11 Å². The predicted molar refractivity (Wildman–Crippen MR) is 74.4 cm³/mol. The van der Waals surface area contributed by atoms with E-state index in [4.69, 9.17) is 0 Å². The monoisotopic (exact) mass is 236 g/mol. The second-order valence-corrected chi connectivity index (χ2v) is 4.86. The summed E-state index contributed by atoms with van der Waals surface area (Å²) in [5.74, 6) is 0. The van der Waals surface area contributed by atoms with Crippen molar-refractivity contribution in [1.82, 2.24) is 0 Å². The van der Waals surface area contributed by atoms with Gasteiger partial charge in [-0.3, -0.25) is 0 Å². The van der Waals surface area contributed by atoms with Crippen molar-refractivity contribution in [1.29, 1.82) is 0 Å². The number of benzene rings is 2. The van der Waals surface area contributed by atoms with Crippen molar-refractivity contribution in [2.24, 2.45) is 0 Å². The Morgan fingerprint density at radius 1 is 0.889 bits per heavy atom. The number of rotatable bonds is 1. The predicted octanol–water partition coefficient (Wildman–Crippen LogP) is 3.78. The van der Waals surface area contributed by atoms with Crippen molar-refractivity contribution in [2.75, 3.05) is 0 Å². The van der Waals surface area contributed by atoms with Gasteiger partial charge >= 0.3 is 0 Å². The number of hydrogen-bond acceptors (Lipinski definition) is 1. The zero-order valence-electron chi connectivity index (χ0n) is 10.6. The van der Waals surface area contributed by atoms with E-state index in [1.165, 1.54) is 16.7 Å². The van der Waals surface area contributed by atoms with Crippen molar-refractivity contribution in [3.8, 4) is 0 Å². The maximum atomic E-state index is 10.1. The van der Waals surface area contributed by atoms with Crippen LogP contribution in [-0.4, -0.2) is 5.11 Å². The van der Waals surface area contributed by atoms with Gasteiger partial charge in [-0.15, -0.1) is 0 Å². The van der Waals surface area contributed by atoms with Crippen molar-refractivity contribution in [2.45, 2.75) is 20.0 Å². The van der Waals surface area contributed by atoms with E-state index in [1.807, 2.05) is 24.3 Å². The Bertz CT molecular complexity index is 638. The Morgan fingerprint density at radius 2 is 1.61 bits per heavy atom. The molecule has 1 atom stereocenters. The first-order chi connectivity index (χ1) is 8.68. The summed E-state index contributed by atoms with van der Waals surface area (Å²) in [6, 6.07) is 14.4. The molecule has 1 aliphatic carbocycles. The molecule has 2 aromatic carbocycles. The second-order valence-electron chi connectivity index (χ2n) is 4.86. The van der Waals surface area contributed by atoms with Gasteiger partial charge < -0.3 is 5.11 Å². The number of aliphatic hydroxyl groups excluding tert-OH is 1. The average molecular weight is 236 g/mol. The average Bonchev–Trinajstić information content (AvgIpc) is 2.71. The topological polar surface area (TPSA) is 20.2 Å². The first kappa shape index (κ1) is 11.2. The van der Waals surface area contributed by atoms with Crippen LogP contribution in [0.2, 0.25) is 0 Å². The molecular formula is C17H16O. The Balaban J connectivity index is 2.20. The molecule has 2 aromatic rings. The van der Waals surface area contributed by atoms with E-state index in [0.29, 0.717) is 0 Å². The SMILES string of the molecule is Cc1cccc(C2=CC(O)c3ccccc32)c1C. The van der Waals surface area contributed by atoms with Crippen molar-refractivity contribution in [3.05, 3.63) is 76.4 Å². The lowest BCUT2D eigenvalue weighted by atomic mass is 9.93. The van der Waals surface area contributed by atoms with E-state index >= 15 is 0 Å². The summed E-state index contributed by atoms with van der Waals surface area (Å²) in [5.41, 5.74) is 7.10. The lowest BCUT2D eigenvalue weighted by Crippen LogP contribution is -1.92. The largest absolute Gasteiger partial charge is 0.384 e. The third-order valence-electron chi connectivity index (χ3n) is 3.79. The van der Waals surface area contributed by atoms with Crippen LogP contribution in [0.15, 0.2) is 48.5 Å². The Morgan fingerprint density at radius 3 is 2.44 bits per heavy atom. The molecule has 1 nitrogen and oxygen atoms in total. The number of aryl methyl sites for hydroxylation is 1. The minimum Gasteiger partial charge on any atom is -0.384 e. The highest BCUT2D eigenvalue weighted by atomic mass is 16.3. The third-order valence-corrected chi connectivity index (χ3v) is 3.79. The molecule has 3 rings (SSSR count). The van der Waals surface area contributed by atoms with E-state index in [1.54, 1.807) is 0 Å². The standard InChI is InChI=1S/C17H16O/c1-11-6-5-9-13(12(11)2)16-10-17(18)15-8-4-3-7-14(15)16/h3-10,17-18H,1-2H3. The van der Waals surface area contributed by atoms with Gasteiger partial charge in [-0.2, -0.15) is 0 Å². The van der Waals surface area contributed by atoms with Gasteiger partial charge in [0.05, 0.1) is 6.10 Å². The lowest BCUT2D eigenvalue weighted by molar-refractivity contribution is 0.232. The van der Waals surface area contributed by atoms with E-state index in [-0.39, 0.29) is 0 Å². The van der Waals surface area contributed by atoms with E-state index in [0.717, 1.165) is 16.7 Å². The van der Waals surface area contributed by atoms with Crippen LogP contribution in [0.5, 0.6) is 0 Å². The van der Waals surface area contributed by atoms with Gasteiger partial charge in [0, 0.05) is 0 Å². The second kappa shape index (κ2) is 4.11. The van der Waals surface area contributed by atoms with Crippen LogP contribution in [0.1, 0.15) is 33.9 Å². The molecular weight excluding hydrogens is 220 g/mol. The molecule has 1 aliphatic rings. The van der Waals surface area contributed by atoms with Crippen LogP contribution >= 0.6 is 0 Å². The molecule has 0 bridgehead atoms. The highest BCUT2D eigenvalue weighted by Gasteiger charge is 2.22. The molecule has 0 fully saturated rings. The van der Waals surface area contributed by atoms with Crippen LogP contribution in [0.3, 0.4) is 0 Å². The molecule has 1 N–H and O–H groups in total. The zero-order valence-corrected chi connectivity index (χ0v) is 10.6. The Kier molecular flexibility index (Phi) is 2.57. The first-order valence-corrected chi connectivity index (χ1v) is 6.24. The first-order valence-electron chi connectivity index (χ1n) is 6.24. The molecule has 0 saturated heterocycles. The summed E-state index contributed by atoms with van der Waals surface area (Å²) in [5, 5.41) is 10.1. The third kappa shape index (κ3) is 1.59. The minimum absolute atomic E-state index is 0.476. The number of fused-ring (bicyclic) bond motifs is 1. The maximum absolute atomic E-state index is 10.1. The molecule has 0 spiro atoms. The molecule has 0 amide bonds. The normalized spacial score (nSPS) is 17.5. The van der Waals surface area contributed by atoms with Gasteiger partial charge in [0.25, 0.3) is 0 Å². The van der Waals surface area contributed by atoms with Gasteiger partial charge in [-0.05, 0) is 53.3 Å². The summed E-state index contributed by atoms with van der Waals surface area (Å²) in [6.07, 6.45) is 1.48. The number of hydrogen-bond donors (Lipinski definition) is 1. The Labute approximate surface area is 107 Å². The molecule has 1 unspecified atom stereocenters. The molecule has 0 radical (unpaired) electrons. The highest BCUT2D eigenvalue weighted by Crippen LogP contribution is 2.39. The van der Waals surface area contributed by atoms with Crippen LogP contribution in [-0.2, 0) is 0 Å². The Hall–Kier alpha value is -1.86.